The number of rotatable bonds is 7. The van der Waals surface area contributed by atoms with Crippen molar-refractivity contribution in [2.45, 2.75) is 39.7 Å². The first-order valence-corrected chi connectivity index (χ1v) is 11.2. The molecule has 0 aliphatic rings. The Kier molecular flexibility index (Phi) is 6.72. The van der Waals surface area contributed by atoms with E-state index in [1.807, 2.05) is 55.5 Å². The lowest BCUT2D eigenvalue weighted by Crippen LogP contribution is -2.26. The molecule has 0 amide bonds. The molecule has 4 rings (SSSR count). The third-order valence-corrected chi connectivity index (χ3v) is 5.86. The van der Waals surface area contributed by atoms with E-state index in [4.69, 9.17) is 4.74 Å². The van der Waals surface area contributed by atoms with Crippen molar-refractivity contribution in [3.05, 3.63) is 88.1 Å². The van der Waals surface area contributed by atoms with Gasteiger partial charge in [-0.1, -0.05) is 30.3 Å². The fourth-order valence-corrected chi connectivity index (χ4v) is 4.21. The lowest BCUT2D eigenvalue weighted by atomic mass is 9.98. The zero-order valence-corrected chi connectivity index (χ0v) is 19.5. The molecule has 7 nitrogen and oxygen atoms in total. The molecule has 0 radical (unpaired) electrons. The fourth-order valence-electron chi connectivity index (χ4n) is 4.21. The second-order valence-electron chi connectivity index (χ2n) is 8.41. The molecule has 4 aromatic rings. The maximum Gasteiger partial charge on any atom is 0.302 e. The van der Waals surface area contributed by atoms with Crippen molar-refractivity contribution in [1.29, 1.82) is 0 Å². The Morgan fingerprint density at radius 1 is 1.09 bits per heavy atom. The monoisotopic (exact) mass is 457 g/mol. The Morgan fingerprint density at radius 3 is 2.56 bits per heavy atom. The van der Waals surface area contributed by atoms with Crippen LogP contribution in [0.5, 0.6) is 5.88 Å². The van der Waals surface area contributed by atoms with Crippen LogP contribution in [0.2, 0.25) is 0 Å². The van der Waals surface area contributed by atoms with Crippen molar-refractivity contribution < 1.29 is 14.6 Å². The summed E-state index contributed by atoms with van der Waals surface area (Å²) in [6.45, 7) is 5.30. The van der Waals surface area contributed by atoms with E-state index in [-0.39, 0.29) is 30.1 Å². The van der Waals surface area contributed by atoms with Gasteiger partial charge in [-0.05, 0) is 60.7 Å². The van der Waals surface area contributed by atoms with Gasteiger partial charge in [0.25, 0.3) is 5.56 Å². The third-order valence-electron chi connectivity index (χ3n) is 5.86. The minimum atomic E-state index is -0.338. The number of carbonyl (C=O) groups is 1. The van der Waals surface area contributed by atoms with Crippen LogP contribution in [0.3, 0.4) is 0 Å². The Hall–Kier alpha value is -4.00. The lowest BCUT2D eigenvalue weighted by molar-refractivity contribution is -0.141. The summed E-state index contributed by atoms with van der Waals surface area (Å²) in [5.41, 5.74) is 4.14. The van der Waals surface area contributed by atoms with Crippen LogP contribution in [0, 0.1) is 13.8 Å². The number of hydrogen-bond acceptors (Lipinski definition) is 6. The minimum Gasteiger partial charge on any atom is -0.493 e. The van der Waals surface area contributed by atoms with Crippen molar-refractivity contribution in [3.8, 4) is 17.0 Å². The lowest BCUT2D eigenvalue weighted by Gasteiger charge is -2.21. The zero-order chi connectivity index (χ0) is 24.2. The normalized spacial score (nSPS) is 12.0. The van der Waals surface area contributed by atoms with Gasteiger partial charge in [-0.3, -0.25) is 9.59 Å². The van der Waals surface area contributed by atoms with Crippen molar-refractivity contribution in [2.75, 3.05) is 6.61 Å². The molecule has 0 spiro atoms. The number of aryl methyl sites for hydroxylation is 2. The number of ether oxygens (including phenoxy) is 1. The van der Waals surface area contributed by atoms with Crippen LogP contribution in [0.4, 0.5) is 0 Å². The van der Waals surface area contributed by atoms with E-state index in [1.165, 1.54) is 6.92 Å². The molecule has 0 bridgehead atoms. The highest BCUT2D eigenvalue weighted by atomic mass is 16.5. The van der Waals surface area contributed by atoms with Crippen molar-refractivity contribution in [1.82, 2.24) is 14.5 Å². The number of esters is 1. The minimum absolute atomic E-state index is 0.0783. The molecule has 0 fully saturated rings. The summed E-state index contributed by atoms with van der Waals surface area (Å²) in [7, 11) is 0. The van der Waals surface area contributed by atoms with E-state index in [1.54, 1.807) is 23.8 Å². The number of aromatic nitrogens is 3. The molecule has 0 saturated carbocycles. The first-order valence-electron chi connectivity index (χ1n) is 11.2. The molecule has 0 saturated heterocycles. The molecule has 34 heavy (non-hydrogen) atoms. The second-order valence-corrected chi connectivity index (χ2v) is 8.41. The third kappa shape index (κ3) is 5.14. The van der Waals surface area contributed by atoms with Crippen LogP contribution in [0.25, 0.3) is 22.0 Å². The average molecular weight is 458 g/mol. The molecule has 1 atom stereocenters. The van der Waals surface area contributed by atoms with Gasteiger partial charge in [-0.15, -0.1) is 0 Å². The van der Waals surface area contributed by atoms with E-state index in [9.17, 15) is 14.7 Å². The second kappa shape index (κ2) is 9.87. The summed E-state index contributed by atoms with van der Waals surface area (Å²) in [5, 5.41) is 10.8. The number of benzene rings is 2. The highest BCUT2D eigenvalue weighted by molar-refractivity contribution is 5.89. The molecular formula is C27H27N3O4. The Morgan fingerprint density at radius 2 is 1.85 bits per heavy atom. The number of hydrogen-bond donors (Lipinski definition) is 1. The van der Waals surface area contributed by atoms with Crippen LogP contribution in [0.15, 0.2) is 65.6 Å². The van der Waals surface area contributed by atoms with Gasteiger partial charge in [-0.2, -0.15) is 4.98 Å². The Labute approximate surface area is 197 Å². The van der Waals surface area contributed by atoms with Crippen LogP contribution in [-0.2, 0) is 16.0 Å². The standard InChI is InChI=1S/C27H27N3O4/c1-17-13-25-24(27(33)29-18(2)28-25)16-23(17)21-9-11-30(26(32)15-21)22(10-12-34-19(3)31)14-20-7-5-4-6-8-20/h4-9,11,13,15-16,22H,10,12,14H2,1-3H3,(H,28,29,33). The van der Waals surface area contributed by atoms with Gasteiger partial charge in [0.05, 0.1) is 17.5 Å². The Balaban J connectivity index is 1.69. The molecule has 2 aromatic carbocycles. The number of aromatic hydroxyl groups is 1. The topological polar surface area (TPSA) is 94.3 Å². The van der Waals surface area contributed by atoms with Gasteiger partial charge < -0.3 is 14.4 Å². The summed E-state index contributed by atoms with van der Waals surface area (Å²) in [6, 6.07) is 17.0. The zero-order valence-electron chi connectivity index (χ0n) is 19.5. The first kappa shape index (κ1) is 23.2. The van der Waals surface area contributed by atoms with Gasteiger partial charge >= 0.3 is 5.97 Å². The Bertz CT molecular complexity index is 1400. The van der Waals surface area contributed by atoms with Crippen molar-refractivity contribution >= 4 is 16.9 Å². The first-order chi connectivity index (χ1) is 16.3. The van der Waals surface area contributed by atoms with Gasteiger partial charge in [-0.25, -0.2) is 4.98 Å². The van der Waals surface area contributed by atoms with Gasteiger partial charge in [0, 0.05) is 31.6 Å². The highest BCUT2D eigenvalue weighted by Crippen LogP contribution is 2.31. The van der Waals surface area contributed by atoms with Crippen molar-refractivity contribution in [3.63, 3.8) is 0 Å². The summed E-state index contributed by atoms with van der Waals surface area (Å²) < 4.78 is 6.85. The molecule has 1 unspecified atom stereocenters. The fraction of sp³-hybridized carbons (Fsp3) is 0.259. The molecule has 0 aliphatic carbocycles. The largest absolute Gasteiger partial charge is 0.493 e. The van der Waals surface area contributed by atoms with E-state index in [0.717, 1.165) is 22.3 Å². The average Bonchev–Trinajstić information content (AvgIpc) is 2.78. The smallest absolute Gasteiger partial charge is 0.302 e. The van der Waals surface area contributed by atoms with Crippen molar-refractivity contribution in [2.24, 2.45) is 0 Å². The number of pyridine rings is 1. The van der Waals surface area contributed by atoms with Gasteiger partial charge in [0.2, 0.25) is 5.88 Å². The SMILES string of the molecule is CC(=O)OCCC(Cc1ccccc1)n1ccc(-c2cc3c(O)nc(C)nc3cc2C)cc1=O. The van der Waals surface area contributed by atoms with E-state index >= 15 is 0 Å². The predicted molar refractivity (Wildman–Crippen MR) is 131 cm³/mol. The highest BCUT2D eigenvalue weighted by Gasteiger charge is 2.16. The predicted octanol–water partition coefficient (Wildman–Crippen LogP) is 4.52. The maximum atomic E-state index is 13.2. The summed E-state index contributed by atoms with van der Waals surface area (Å²) in [5.74, 6) is 0.0822. The van der Waals surface area contributed by atoms with E-state index in [0.29, 0.717) is 29.6 Å². The summed E-state index contributed by atoms with van der Waals surface area (Å²) in [6.07, 6.45) is 2.95. The van der Waals surface area contributed by atoms with Crippen LogP contribution < -0.4 is 5.56 Å². The van der Waals surface area contributed by atoms with Gasteiger partial charge in [0.15, 0.2) is 0 Å². The summed E-state index contributed by atoms with van der Waals surface area (Å²) >= 11 is 0. The van der Waals surface area contributed by atoms with Crippen LogP contribution in [-0.4, -0.2) is 32.2 Å². The molecule has 2 heterocycles. The quantitative estimate of drug-likeness (QED) is 0.410. The number of fused-ring (bicyclic) bond motifs is 1. The molecule has 2 aromatic heterocycles. The molecule has 7 heteroatoms. The van der Waals surface area contributed by atoms with Gasteiger partial charge in [0.1, 0.15) is 5.82 Å². The molecule has 174 valence electrons. The van der Waals surface area contributed by atoms with Crippen LogP contribution in [0.1, 0.15) is 36.3 Å². The van der Waals surface area contributed by atoms with E-state index in [2.05, 4.69) is 9.97 Å². The summed E-state index contributed by atoms with van der Waals surface area (Å²) in [4.78, 5) is 32.9. The maximum absolute atomic E-state index is 13.2. The van der Waals surface area contributed by atoms with Crippen LogP contribution >= 0.6 is 0 Å². The number of carbonyl (C=O) groups excluding carboxylic acids is 1. The molecule has 0 aliphatic heterocycles. The van der Waals surface area contributed by atoms with E-state index < -0.39 is 0 Å². The number of nitrogens with zero attached hydrogens (tertiary/aromatic N) is 3. The molecule has 1 N–H and O–H groups in total. The molecular weight excluding hydrogens is 430 g/mol.